The number of hydrogen-bond acceptors (Lipinski definition) is 6. The molecule has 6 nitrogen and oxygen atoms in total. The number of terminal acetylenes is 1. The van der Waals surface area contributed by atoms with Crippen LogP contribution in [0.15, 0.2) is 0 Å². The minimum Gasteiger partial charge on any atom is -0.309 e. The summed E-state index contributed by atoms with van der Waals surface area (Å²) >= 11 is 0. The normalized spacial score (nSPS) is 15.5. The summed E-state index contributed by atoms with van der Waals surface area (Å²) in [7, 11) is -7.24. The van der Waals surface area contributed by atoms with Gasteiger partial charge in [0, 0.05) is 6.66 Å². The fourth-order valence-electron chi connectivity index (χ4n) is 0.590. The van der Waals surface area contributed by atoms with Gasteiger partial charge >= 0.3 is 7.60 Å². The van der Waals surface area contributed by atoms with Gasteiger partial charge in [-0.1, -0.05) is 5.92 Å². The molecule has 88 valence electrons. The van der Waals surface area contributed by atoms with Crippen LogP contribution < -0.4 is 0 Å². The smallest absolute Gasteiger partial charge is 0.309 e. The monoisotopic (exact) mass is 256 g/mol. The van der Waals surface area contributed by atoms with E-state index in [9.17, 15) is 13.0 Å². The molecule has 0 heterocycles. The van der Waals surface area contributed by atoms with E-state index in [1.165, 1.54) is 6.66 Å². The quantitative estimate of drug-likeness (QED) is 0.381. The van der Waals surface area contributed by atoms with Crippen molar-refractivity contribution in [1.29, 1.82) is 0 Å². The molecule has 0 fully saturated rings. The number of hydrogen-bond donors (Lipinski definition) is 0. The standard InChI is InChI=1S/C7H13O6PS/c1-4-6-13-15(9,10)7-12-14(3,8)11-5-2/h1H,5-7H2,2-3H3. The van der Waals surface area contributed by atoms with Crippen molar-refractivity contribution in [3.8, 4) is 12.3 Å². The van der Waals surface area contributed by atoms with Gasteiger partial charge in [-0.25, -0.2) is 0 Å². The van der Waals surface area contributed by atoms with Gasteiger partial charge < -0.3 is 4.52 Å². The molecule has 0 aromatic heterocycles. The molecule has 0 aliphatic carbocycles. The Kier molecular flexibility index (Phi) is 6.10. The van der Waals surface area contributed by atoms with E-state index in [0.29, 0.717) is 0 Å². The maximum atomic E-state index is 11.3. The van der Waals surface area contributed by atoms with E-state index >= 15 is 0 Å². The molecule has 8 heteroatoms. The van der Waals surface area contributed by atoms with Gasteiger partial charge in [0.05, 0.1) is 6.61 Å². The summed E-state index contributed by atoms with van der Waals surface area (Å²) in [5.74, 6) is 1.14. The lowest BCUT2D eigenvalue weighted by molar-refractivity contribution is 0.231. The third-order valence-electron chi connectivity index (χ3n) is 1.12. The first-order chi connectivity index (χ1) is 6.83. The largest absolute Gasteiger partial charge is 0.328 e. The fourth-order valence-corrected chi connectivity index (χ4v) is 2.73. The van der Waals surface area contributed by atoms with Crippen LogP contribution in [0.5, 0.6) is 0 Å². The van der Waals surface area contributed by atoms with Crippen molar-refractivity contribution >= 4 is 17.7 Å². The first-order valence-electron chi connectivity index (χ1n) is 4.00. The van der Waals surface area contributed by atoms with Crippen molar-refractivity contribution in [1.82, 2.24) is 0 Å². The van der Waals surface area contributed by atoms with E-state index in [1.54, 1.807) is 6.92 Å². The highest BCUT2D eigenvalue weighted by atomic mass is 32.2. The van der Waals surface area contributed by atoms with E-state index in [0.717, 1.165) is 0 Å². The van der Waals surface area contributed by atoms with Crippen molar-refractivity contribution < 1.29 is 26.2 Å². The molecule has 0 radical (unpaired) electrons. The molecule has 1 unspecified atom stereocenters. The van der Waals surface area contributed by atoms with E-state index in [4.69, 9.17) is 10.9 Å². The maximum Gasteiger partial charge on any atom is 0.328 e. The lowest BCUT2D eigenvalue weighted by Crippen LogP contribution is -2.13. The lowest BCUT2D eigenvalue weighted by Gasteiger charge is -2.12. The second-order valence-electron chi connectivity index (χ2n) is 2.46. The van der Waals surface area contributed by atoms with Crippen LogP contribution in [0.25, 0.3) is 0 Å². The Morgan fingerprint density at radius 3 is 2.47 bits per heavy atom. The summed E-state index contributed by atoms with van der Waals surface area (Å²) in [5, 5.41) is 0. The highest BCUT2D eigenvalue weighted by Crippen LogP contribution is 2.43. The topological polar surface area (TPSA) is 78.9 Å². The second kappa shape index (κ2) is 6.26. The van der Waals surface area contributed by atoms with Crippen molar-refractivity contribution in [2.75, 3.05) is 25.8 Å². The molecule has 0 bridgehead atoms. The van der Waals surface area contributed by atoms with Crippen LogP contribution in [-0.2, 0) is 27.9 Å². The van der Waals surface area contributed by atoms with Crippen LogP contribution in [0, 0.1) is 12.3 Å². The summed E-state index contributed by atoms with van der Waals surface area (Å²) in [6.07, 6.45) is 4.81. The molecule has 0 saturated carbocycles. The number of rotatable bonds is 7. The average molecular weight is 256 g/mol. The third kappa shape index (κ3) is 7.54. The molecule has 0 aromatic rings. The van der Waals surface area contributed by atoms with Crippen LogP contribution >= 0.6 is 7.60 Å². The molecule has 0 spiro atoms. The van der Waals surface area contributed by atoms with Crippen LogP contribution in [0.1, 0.15) is 6.92 Å². The van der Waals surface area contributed by atoms with Crippen molar-refractivity contribution in [2.45, 2.75) is 6.92 Å². The van der Waals surface area contributed by atoms with Gasteiger partial charge in [-0.2, -0.15) is 8.42 Å². The highest BCUT2D eigenvalue weighted by molar-refractivity contribution is 7.86. The molecule has 0 aromatic carbocycles. The van der Waals surface area contributed by atoms with Gasteiger partial charge in [0.25, 0.3) is 10.1 Å². The first kappa shape index (κ1) is 14.6. The van der Waals surface area contributed by atoms with E-state index in [2.05, 4.69) is 8.71 Å². The van der Waals surface area contributed by atoms with Gasteiger partial charge in [-0.15, -0.1) is 6.42 Å². The van der Waals surface area contributed by atoms with Gasteiger partial charge in [0.2, 0.25) is 0 Å². The maximum absolute atomic E-state index is 11.3. The molecule has 15 heavy (non-hydrogen) atoms. The fraction of sp³-hybridized carbons (Fsp3) is 0.714. The SMILES string of the molecule is C#CCOS(=O)(=O)COP(C)(=O)OCC. The Bertz CT molecular complexity index is 367. The Hall–Kier alpha value is -0.380. The van der Waals surface area contributed by atoms with Crippen molar-refractivity contribution in [3.63, 3.8) is 0 Å². The second-order valence-corrected chi connectivity index (χ2v) is 6.11. The summed E-state index contributed by atoms with van der Waals surface area (Å²) < 4.78 is 46.9. The van der Waals surface area contributed by atoms with Crippen molar-refractivity contribution in [3.05, 3.63) is 0 Å². The highest BCUT2D eigenvalue weighted by Gasteiger charge is 2.21. The summed E-state index contributed by atoms with van der Waals surface area (Å²) in [6, 6.07) is 0. The zero-order chi connectivity index (χ0) is 11.9. The molecule has 0 N–H and O–H groups in total. The molecule has 0 saturated heterocycles. The predicted octanol–water partition coefficient (Wildman–Crippen LogP) is 0.799. The molecular weight excluding hydrogens is 243 g/mol. The van der Waals surface area contributed by atoms with Crippen LogP contribution in [0.4, 0.5) is 0 Å². The van der Waals surface area contributed by atoms with Gasteiger partial charge in [0.1, 0.15) is 6.61 Å². The molecule has 0 aliphatic rings. The first-order valence-corrected chi connectivity index (χ1v) is 7.57. The van der Waals surface area contributed by atoms with Crippen LogP contribution in [0.3, 0.4) is 0 Å². The lowest BCUT2D eigenvalue weighted by atomic mass is 10.8. The molecule has 0 aliphatic heterocycles. The molecule has 0 amide bonds. The summed E-state index contributed by atoms with van der Waals surface area (Å²) in [5.41, 5.74) is 0. The zero-order valence-electron chi connectivity index (χ0n) is 8.50. The molecule has 0 rings (SSSR count). The Labute approximate surface area is 89.6 Å². The predicted molar refractivity (Wildman–Crippen MR) is 54.8 cm³/mol. The summed E-state index contributed by atoms with van der Waals surface area (Å²) in [4.78, 5) is 0. The third-order valence-corrected chi connectivity index (χ3v) is 3.50. The van der Waals surface area contributed by atoms with Gasteiger partial charge in [-0.3, -0.25) is 13.3 Å². The van der Waals surface area contributed by atoms with E-state index < -0.39 is 23.7 Å². The van der Waals surface area contributed by atoms with Crippen molar-refractivity contribution in [2.24, 2.45) is 0 Å². The van der Waals surface area contributed by atoms with Gasteiger partial charge in [0.15, 0.2) is 5.94 Å². The Morgan fingerprint density at radius 1 is 1.40 bits per heavy atom. The minimum absolute atomic E-state index is 0.166. The summed E-state index contributed by atoms with van der Waals surface area (Å²) in [6.45, 7) is 2.57. The average Bonchev–Trinajstić information content (AvgIpc) is 2.12. The Balaban J connectivity index is 4.16. The van der Waals surface area contributed by atoms with Crippen LogP contribution in [-0.4, -0.2) is 34.2 Å². The molecule has 1 atom stereocenters. The zero-order valence-corrected chi connectivity index (χ0v) is 10.2. The van der Waals surface area contributed by atoms with E-state index in [1.807, 2.05) is 5.92 Å². The van der Waals surface area contributed by atoms with Crippen LogP contribution in [0.2, 0.25) is 0 Å². The minimum atomic E-state index is -3.91. The van der Waals surface area contributed by atoms with Gasteiger partial charge in [-0.05, 0) is 6.92 Å². The van der Waals surface area contributed by atoms with E-state index in [-0.39, 0.29) is 13.2 Å². The molecular formula is C7H13O6PS. The Morgan fingerprint density at radius 2 is 2.00 bits per heavy atom.